The van der Waals surface area contributed by atoms with Crippen LogP contribution in [0.5, 0.6) is 0 Å². The Labute approximate surface area is 135 Å². The topological polar surface area (TPSA) is 26.0 Å². The number of benzene rings is 2. The standard InChI is InChI=1S/C15H14BrClFNS/c16-13-3-1-2-4-15(13)20-9-12(19)8-10-7-11(18)5-6-14(10)17/h1-7,12H,8-9,19H2. The van der Waals surface area contributed by atoms with E-state index in [1.165, 1.54) is 12.1 Å². The summed E-state index contributed by atoms with van der Waals surface area (Å²) in [5.74, 6) is 0.463. The maximum absolute atomic E-state index is 13.2. The van der Waals surface area contributed by atoms with E-state index in [4.69, 9.17) is 17.3 Å². The fraction of sp³-hybridized carbons (Fsp3) is 0.200. The van der Waals surface area contributed by atoms with Crippen molar-refractivity contribution in [3.05, 3.63) is 63.3 Å². The third kappa shape index (κ3) is 4.48. The Bertz CT molecular complexity index is 594. The lowest BCUT2D eigenvalue weighted by Gasteiger charge is -2.13. The lowest BCUT2D eigenvalue weighted by atomic mass is 10.1. The predicted molar refractivity (Wildman–Crippen MR) is 88.0 cm³/mol. The minimum Gasteiger partial charge on any atom is -0.327 e. The van der Waals surface area contributed by atoms with Crippen LogP contribution >= 0.6 is 39.3 Å². The van der Waals surface area contributed by atoms with E-state index in [1.807, 2.05) is 24.3 Å². The summed E-state index contributed by atoms with van der Waals surface area (Å²) in [6.45, 7) is 0. The van der Waals surface area contributed by atoms with Crippen LogP contribution in [0.3, 0.4) is 0 Å². The molecule has 0 aliphatic heterocycles. The molecule has 0 radical (unpaired) electrons. The van der Waals surface area contributed by atoms with Crippen LogP contribution in [0.1, 0.15) is 5.56 Å². The van der Waals surface area contributed by atoms with E-state index in [1.54, 1.807) is 17.8 Å². The molecule has 5 heteroatoms. The molecule has 106 valence electrons. The number of hydrogen-bond acceptors (Lipinski definition) is 2. The van der Waals surface area contributed by atoms with Gasteiger partial charge in [-0.05, 0) is 58.2 Å². The molecule has 20 heavy (non-hydrogen) atoms. The van der Waals surface area contributed by atoms with Crippen molar-refractivity contribution in [1.29, 1.82) is 0 Å². The average Bonchev–Trinajstić information content (AvgIpc) is 2.42. The molecular weight excluding hydrogens is 361 g/mol. The number of nitrogens with two attached hydrogens (primary N) is 1. The molecule has 2 aromatic rings. The number of hydrogen-bond donors (Lipinski definition) is 1. The molecule has 2 N–H and O–H groups in total. The van der Waals surface area contributed by atoms with Crippen LogP contribution in [0, 0.1) is 5.82 Å². The SMILES string of the molecule is NC(CSc1ccccc1Br)Cc1cc(F)ccc1Cl. The van der Waals surface area contributed by atoms with Gasteiger partial charge in [0, 0.05) is 26.2 Å². The van der Waals surface area contributed by atoms with Gasteiger partial charge in [-0.25, -0.2) is 4.39 Å². The Balaban J connectivity index is 1.94. The Kier molecular flexibility index (Phi) is 5.90. The van der Waals surface area contributed by atoms with Crippen molar-refractivity contribution in [3.8, 4) is 0 Å². The smallest absolute Gasteiger partial charge is 0.123 e. The van der Waals surface area contributed by atoms with Gasteiger partial charge >= 0.3 is 0 Å². The van der Waals surface area contributed by atoms with Crippen LogP contribution in [0.4, 0.5) is 4.39 Å². The average molecular weight is 375 g/mol. The summed E-state index contributed by atoms with van der Waals surface area (Å²) in [4.78, 5) is 1.15. The monoisotopic (exact) mass is 373 g/mol. The van der Waals surface area contributed by atoms with E-state index in [2.05, 4.69) is 15.9 Å². The highest BCUT2D eigenvalue weighted by atomic mass is 79.9. The summed E-state index contributed by atoms with van der Waals surface area (Å²) in [6, 6.07) is 12.3. The molecule has 2 rings (SSSR count). The van der Waals surface area contributed by atoms with Gasteiger partial charge in [0.25, 0.3) is 0 Å². The maximum Gasteiger partial charge on any atom is 0.123 e. The highest BCUT2D eigenvalue weighted by Gasteiger charge is 2.10. The third-order valence-electron chi connectivity index (χ3n) is 2.78. The molecule has 0 fully saturated rings. The minimum absolute atomic E-state index is 0.0774. The van der Waals surface area contributed by atoms with Crippen molar-refractivity contribution in [2.45, 2.75) is 17.4 Å². The lowest BCUT2D eigenvalue weighted by molar-refractivity contribution is 0.623. The summed E-state index contributed by atoms with van der Waals surface area (Å²) >= 11 is 11.2. The molecule has 0 aliphatic carbocycles. The molecule has 1 unspecified atom stereocenters. The Hall–Kier alpha value is -0.550. The second-order valence-electron chi connectivity index (χ2n) is 4.44. The largest absolute Gasteiger partial charge is 0.327 e. The molecule has 0 heterocycles. The molecular formula is C15H14BrClFNS. The lowest BCUT2D eigenvalue weighted by Crippen LogP contribution is -2.25. The van der Waals surface area contributed by atoms with Crippen LogP contribution in [-0.4, -0.2) is 11.8 Å². The second-order valence-corrected chi connectivity index (χ2v) is 6.76. The van der Waals surface area contributed by atoms with Gasteiger partial charge in [0.2, 0.25) is 0 Å². The van der Waals surface area contributed by atoms with Gasteiger partial charge in [-0.2, -0.15) is 0 Å². The Morgan fingerprint density at radius 2 is 2.00 bits per heavy atom. The first kappa shape index (κ1) is 15.8. The molecule has 0 saturated heterocycles. The zero-order valence-electron chi connectivity index (χ0n) is 10.7. The normalized spacial score (nSPS) is 12.4. The zero-order chi connectivity index (χ0) is 14.5. The zero-order valence-corrected chi connectivity index (χ0v) is 13.8. The van der Waals surface area contributed by atoms with Crippen molar-refractivity contribution in [2.75, 3.05) is 5.75 Å². The van der Waals surface area contributed by atoms with E-state index in [-0.39, 0.29) is 11.9 Å². The summed E-state index contributed by atoms with van der Waals surface area (Å²) in [5.41, 5.74) is 6.86. The van der Waals surface area contributed by atoms with Crippen molar-refractivity contribution < 1.29 is 4.39 Å². The van der Waals surface area contributed by atoms with Gasteiger partial charge in [-0.1, -0.05) is 23.7 Å². The van der Waals surface area contributed by atoms with Gasteiger partial charge < -0.3 is 5.73 Å². The van der Waals surface area contributed by atoms with Crippen LogP contribution < -0.4 is 5.73 Å². The molecule has 0 saturated carbocycles. The molecule has 0 bridgehead atoms. The molecule has 0 aliphatic rings. The molecule has 2 aromatic carbocycles. The maximum atomic E-state index is 13.2. The number of thioether (sulfide) groups is 1. The molecule has 0 amide bonds. The van der Waals surface area contributed by atoms with E-state index in [9.17, 15) is 4.39 Å². The first-order valence-electron chi connectivity index (χ1n) is 6.13. The van der Waals surface area contributed by atoms with Crippen LogP contribution in [-0.2, 0) is 6.42 Å². The van der Waals surface area contributed by atoms with E-state index < -0.39 is 0 Å². The first-order chi connectivity index (χ1) is 9.56. The second kappa shape index (κ2) is 7.46. The fourth-order valence-corrected chi connectivity index (χ4v) is 3.51. The predicted octanol–water partition coefficient (Wildman–Crippen LogP) is 4.90. The van der Waals surface area contributed by atoms with Crippen LogP contribution in [0.15, 0.2) is 51.8 Å². The summed E-state index contributed by atoms with van der Waals surface area (Å²) < 4.78 is 14.2. The van der Waals surface area contributed by atoms with Gasteiger partial charge in [0.1, 0.15) is 5.82 Å². The number of rotatable bonds is 5. The van der Waals surface area contributed by atoms with Gasteiger partial charge in [0.05, 0.1) is 0 Å². The molecule has 1 atom stereocenters. The molecule has 1 nitrogen and oxygen atoms in total. The van der Waals surface area contributed by atoms with Crippen LogP contribution in [0.2, 0.25) is 5.02 Å². The summed E-state index contributed by atoms with van der Waals surface area (Å²) in [6.07, 6.45) is 0.564. The van der Waals surface area contributed by atoms with Gasteiger partial charge in [-0.3, -0.25) is 0 Å². The van der Waals surface area contributed by atoms with E-state index in [0.29, 0.717) is 11.4 Å². The highest BCUT2D eigenvalue weighted by Crippen LogP contribution is 2.28. The molecule has 0 aromatic heterocycles. The Morgan fingerprint density at radius 3 is 2.75 bits per heavy atom. The fourth-order valence-electron chi connectivity index (χ4n) is 1.80. The Morgan fingerprint density at radius 1 is 1.25 bits per heavy atom. The summed E-state index contributed by atoms with van der Waals surface area (Å²) in [5, 5.41) is 0.563. The molecule has 0 spiro atoms. The van der Waals surface area contributed by atoms with Crippen molar-refractivity contribution in [3.63, 3.8) is 0 Å². The van der Waals surface area contributed by atoms with E-state index >= 15 is 0 Å². The highest BCUT2D eigenvalue weighted by molar-refractivity contribution is 9.10. The van der Waals surface area contributed by atoms with E-state index in [0.717, 1.165) is 20.7 Å². The van der Waals surface area contributed by atoms with Gasteiger partial charge in [-0.15, -0.1) is 11.8 Å². The first-order valence-corrected chi connectivity index (χ1v) is 8.29. The number of halogens is 3. The van der Waals surface area contributed by atoms with Gasteiger partial charge in [0.15, 0.2) is 0 Å². The quantitative estimate of drug-likeness (QED) is 0.753. The summed E-state index contributed by atoms with van der Waals surface area (Å²) in [7, 11) is 0. The third-order valence-corrected chi connectivity index (χ3v) is 5.36. The van der Waals surface area contributed by atoms with Crippen molar-refractivity contribution in [2.24, 2.45) is 5.73 Å². The van der Waals surface area contributed by atoms with Crippen molar-refractivity contribution in [1.82, 2.24) is 0 Å². The van der Waals surface area contributed by atoms with Crippen molar-refractivity contribution >= 4 is 39.3 Å². The minimum atomic E-state index is -0.282. The van der Waals surface area contributed by atoms with Crippen LogP contribution in [0.25, 0.3) is 0 Å².